The number of aromatic nitrogens is 4. The lowest BCUT2D eigenvalue weighted by Gasteiger charge is -2.06. The Morgan fingerprint density at radius 3 is 2.77 bits per heavy atom. The lowest BCUT2D eigenvalue weighted by atomic mass is 10.2. The molecule has 5 heteroatoms. The summed E-state index contributed by atoms with van der Waals surface area (Å²) in [5.74, 6) is 0. The van der Waals surface area contributed by atoms with Gasteiger partial charge in [0.1, 0.15) is 5.65 Å². The highest BCUT2D eigenvalue weighted by Crippen LogP contribution is 2.23. The van der Waals surface area contributed by atoms with Gasteiger partial charge in [-0.05, 0) is 36.8 Å². The fraction of sp³-hybridized carbons (Fsp3) is 0.0588. The number of aryl methyl sites for hydroxylation is 1. The Bertz CT molecular complexity index is 950. The van der Waals surface area contributed by atoms with Crippen LogP contribution in [0.4, 0.5) is 5.69 Å². The maximum absolute atomic E-state index is 6.02. The number of hydrogen-bond acceptors (Lipinski definition) is 3. The topological polar surface area (TPSA) is 61.1 Å². The largest absolute Gasteiger partial charge is 0.398 e. The summed E-state index contributed by atoms with van der Waals surface area (Å²) < 4.78 is 3.93. The zero-order valence-corrected chi connectivity index (χ0v) is 12.1. The lowest BCUT2D eigenvalue weighted by molar-refractivity contribution is 0.969. The molecule has 3 aromatic heterocycles. The molecule has 1 aromatic carbocycles. The summed E-state index contributed by atoms with van der Waals surface area (Å²) in [7, 11) is 0. The van der Waals surface area contributed by atoms with Gasteiger partial charge in [-0.25, -0.2) is 4.52 Å². The average Bonchev–Trinajstić information content (AvgIpc) is 3.11. The molecule has 2 N–H and O–H groups in total. The molecule has 0 bridgehead atoms. The van der Waals surface area contributed by atoms with E-state index in [1.54, 1.807) is 6.20 Å². The summed E-state index contributed by atoms with van der Waals surface area (Å²) in [6.07, 6.45) is 7.50. The molecular formula is C17H15N5. The Morgan fingerprint density at radius 2 is 2.00 bits per heavy atom. The number of benzene rings is 1. The molecule has 0 atom stereocenters. The van der Waals surface area contributed by atoms with E-state index in [1.165, 1.54) is 0 Å². The second-order valence-corrected chi connectivity index (χ2v) is 5.28. The zero-order chi connectivity index (χ0) is 15.1. The van der Waals surface area contributed by atoms with E-state index in [4.69, 9.17) is 5.73 Å². The number of hydrogen-bond donors (Lipinski definition) is 1. The predicted octanol–water partition coefficient (Wildman–Crippen LogP) is 3.08. The number of fused-ring (bicyclic) bond motifs is 1. The van der Waals surface area contributed by atoms with Crippen LogP contribution in [-0.4, -0.2) is 19.2 Å². The van der Waals surface area contributed by atoms with Crippen LogP contribution < -0.4 is 5.73 Å². The number of nitrogens with two attached hydrogens (primary N) is 1. The van der Waals surface area contributed by atoms with E-state index < -0.39 is 0 Å². The van der Waals surface area contributed by atoms with Crippen LogP contribution in [0, 0.1) is 6.92 Å². The van der Waals surface area contributed by atoms with Crippen LogP contribution in [0.5, 0.6) is 0 Å². The molecule has 5 nitrogen and oxygen atoms in total. The molecule has 4 aromatic rings. The van der Waals surface area contributed by atoms with E-state index >= 15 is 0 Å². The quantitative estimate of drug-likeness (QED) is 0.577. The molecule has 0 unspecified atom stereocenters. The third-order valence-electron chi connectivity index (χ3n) is 3.82. The van der Waals surface area contributed by atoms with Gasteiger partial charge in [-0.2, -0.15) is 5.10 Å². The third kappa shape index (κ3) is 1.95. The average molecular weight is 289 g/mol. The normalized spacial score (nSPS) is 11.1. The van der Waals surface area contributed by atoms with Crippen LogP contribution in [0.25, 0.3) is 22.6 Å². The van der Waals surface area contributed by atoms with Gasteiger partial charge < -0.3 is 10.3 Å². The van der Waals surface area contributed by atoms with Crippen molar-refractivity contribution in [1.82, 2.24) is 19.2 Å². The Kier molecular flexibility index (Phi) is 2.72. The van der Waals surface area contributed by atoms with Gasteiger partial charge in [0, 0.05) is 47.8 Å². The number of imidazole rings is 1. The van der Waals surface area contributed by atoms with Crippen LogP contribution >= 0.6 is 0 Å². The first-order chi connectivity index (χ1) is 10.7. The maximum atomic E-state index is 6.02. The van der Waals surface area contributed by atoms with Crippen molar-refractivity contribution in [3.63, 3.8) is 0 Å². The van der Waals surface area contributed by atoms with Crippen molar-refractivity contribution >= 4 is 11.3 Å². The number of rotatable bonds is 2. The molecule has 0 saturated carbocycles. The number of nitrogen functional groups attached to an aromatic ring is 1. The monoisotopic (exact) mass is 289 g/mol. The Labute approximate surface area is 127 Å². The summed E-state index contributed by atoms with van der Waals surface area (Å²) in [6, 6.07) is 12.0. The Morgan fingerprint density at radius 1 is 1.09 bits per heavy atom. The smallest absolute Gasteiger partial charge is 0.140 e. The lowest BCUT2D eigenvalue weighted by Crippen LogP contribution is -1.96. The van der Waals surface area contributed by atoms with Crippen molar-refractivity contribution in [3.05, 3.63) is 66.7 Å². The molecule has 22 heavy (non-hydrogen) atoms. The van der Waals surface area contributed by atoms with E-state index in [-0.39, 0.29) is 0 Å². The van der Waals surface area contributed by atoms with Gasteiger partial charge in [-0.15, -0.1) is 0 Å². The zero-order valence-electron chi connectivity index (χ0n) is 12.1. The highest BCUT2D eigenvalue weighted by atomic mass is 15.3. The minimum Gasteiger partial charge on any atom is -0.398 e. The summed E-state index contributed by atoms with van der Waals surface area (Å²) in [5, 5.41) is 4.59. The van der Waals surface area contributed by atoms with Crippen molar-refractivity contribution in [1.29, 1.82) is 0 Å². The molecule has 108 valence electrons. The van der Waals surface area contributed by atoms with E-state index in [2.05, 4.69) is 20.7 Å². The summed E-state index contributed by atoms with van der Waals surface area (Å²) in [6.45, 7) is 2.00. The number of pyridine rings is 1. The van der Waals surface area contributed by atoms with Gasteiger partial charge in [0.05, 0.1) is 5.69 Å². The van der Waals surface area contributed by atoms with Crippen LogP contribution in [-0.2, 0) is 0 Å². The van der Waals surface area contributed by atoms with Gasteiger partial charge in [-0.1, -0.05) is 6.07 Å². The van der Waals surface area contributed by atoms with Crippen molar-refractivity contribution in [3.8, 4) is 16.9 Å². The molecule has 0 aliphatic heterocycles. The highest BCUT2D eigenvalue weighted by Gasteiger charge is 2.10. The number of anilines is 1. The minimum absolute atomic E-state index is 0.788. The maximum Gasteiger partial charge on any atom is 0.140 e. The molecule has 0 saturated heterocycles. The van der Waals surface area contributed by atoms with Gasteiger partial charge in [-0.3, -0.25) is 4.98 Å². The molecule has 0 spiro atoms. The summed E-state index contributed by atoms with van der Waals surface area (Å²) in [4.78, 5) is 4.14. The van der Waals surface area contributed by atoms with Crippen LogP contribution in [0.15, 0.2) is 61.2 Å². The molecule has 0 aliphatic carbocycles. The predicted molar refractivity (Wildman–Crippen MR) is 86.9 cm³/mol. The first-order valence-corrected chi connectivity index (χ1v) is 7.06. The SMILES string of the molecule is Cc1ccc(-n2ccn3nc(-c4cccnc4)cc23)cc1N. The Balaban J connectivity index is 1.86. The van der Waals surface area contributed by atoms with E-state index in [9.17, 15) is 0 Å². The molecule has 0 radical (unpaired) electrons. The van der Waals surface area contributed by atoms with Crippen molar-refractivity contribution < 1.29 is 0 Å². The fourth-order valence-electron chi connectivity index (χ4n) is 2.53. The molecule has 0 fully saturated rings. The van der Waals surface area contributed by atoms with Crippen molar-refractivity contribution in [2.45, 2.75) is 6.92 Å². The van der Waals surface area contributed by atoms with E-state index in [0.29, 0.717) is 0 Å². The molecule has 4 rings (SSSR count). The second-order valence-electron chi connectivity index (χ2n) is 5.28. The number of nitrogens with zero attached hydrogens (tertiary/aromatic N) is 4. The minimum atomic E-state index is 0.788. The molecule has 0 aliphatic rings. The third-order valence-corrected chi connectivity index (χ3v) is 3.82. The van der Waals surface area contributed by atoms with E-state index in [0.717, 1.165) is 33.8 Å². The van der Waals surface area contributed by atoms with Crippen molar-refractivity contribution in [2.24, 2.45) is 0 Å². The van der Waals surface area contributed by atoms with Crippen molar-refractivity contribution in [2.75, 3.05) is 5.73 Å². The van der Waals surface area contributed by atoms with Crippen LogP contribution in [0.1, 0.15) is 5.56 Å². The van der Waals surface area contributed by atoms with Gasteiger partial charge in [0.2, 0.25) is 0 Å². The highest BCUT2D eigenvalue weighted by molar-refractivity contribution is 5.65. The van der Waals surface area contributed by atoms with Crippen LogP contribution in [0.3, 0.4) is 0 Å². The first-order valence-electron chi connectivity index (χ1n) is 7.06. The standard InChI is InChI=1S/C17H15N5/c1-12-4-5-14(9-15(12)18)21-7-8-22-17(21)10-16(20-22)13-3-2-6-19-11-13/h2-11H,18H2,1H3. The van der Waals surface area contributed by atoms with Gasteiger partial charge in [0.25, 0.3) is 0 Å². The molecule has 3 heterocycles. The second kappa shape index (κ2) is 4.73. The fourth-order valence-corrected chi connectivity index (χ4v) is 2.53. The van der Waals surface area contributed by atoms with Gasteiger partial charge in [0.15, 0.2) is 0 Å². The molecular weight excluding hydrogens is 274 g/mol. The molecule has 0 amide bonds. The summed E-state index contributed by atoms with van der Waals surface area (Å²) in [5.41, 5.74) is 11.8. The Hall–Kier alpha value is -3.08. The van der Waals surface area contributed by atoms with Crippen LogP contribution in [0.2, 0.25) is 0 Å². The van der Waals surface area contributed by atoms with Gasteiger partial charge >= 0.3 is 0 Å². The first kappa shape index (κ1) is 12.6. The van der Waals surface area contributed by atoms with E-state index in [1.807, 2.05) is 60.4 Å². The summed E-state index contributed by atoms with van der Waals surface area (Å²) >= 11 is 0.